The number of nitrogens with zero attached hydrogens (tertiary/aromatic N) is 1. The van der Waals surface area contributed by atoms with Crippen LogP contribution in [0.4, 0.5) is 10.6 Å². The molecule has 0 aliphatic rings. The highest BCUT2D eigenvalue weighted by Gasteiger charge is 2.22. The molecule has 1 unspecified atom stereocenters. The molecular formula is C14H20BrN3O4. The van der Waals surface area contributed by atoms with Crippen LogP contribution in [0, 0.1) is 0 Å². The molecule has 0 spiro atoms. The van der Waals surface area contributed by atoms with Crippen molar-refractivity contribution >= 4 is 33.8 Å². The quantitative estimate of drug-likeness (QED) is 0.789. The fourth-order valence-corrected chi connectivity index (χ4v) is 2.31. The van der Waals surface area contributed by atoms with Gasteiger partial charge in [-0.05, 0) is 49.7 Å². The number of nitrogens with two attached hydrogens (primary N) is 1. The van der Waals surface area contributed by atoms with Gasteiger partial charge in [-0.25, -0.2) is 14.6 Å². The number of esters is 1. The van der Waals surface area contributed by atoms with Gasteiger partial charge < -0.3 is 20.5 Å². The molecule has 0 radical (unpaired) electrons. The fourth-order valence-electron chi connectivity index (χ4n) is 1.65. The van der Waals surface area contributed by atoms with Gasteiger partial charge in [0.05, 0.1) is 18.8 Å². The first-order valence-corrected chi connectivity index (χ1v) is 7.38. The third-order valence-electron chi connectivity index (χ3n) is 2.58. The topological polar surface area (TPSA) is 104 Å². The minimum Gasteiger partial charge on any atom is -0.465 e. The van der Waals surface area contributed by atoms with E-state index in [4.69, 9.17) is 10.5 Å². The Labute approximate surface area is 137 Å². The summed E-state index contributed by atoms with van der Waals surface area (Å²) in [5.41, 5.74) is 5.80. The van der Waals surface area contributed by atoms with Crippen LogP contribution in [0.2, 0.25) is 0 Å². The second kappa shape index (κ2) is 6.95. The Hall–Kier alpha value is -1.83. The molecule has 0 aromatic carbocycles. The molecule has 8 heteroatoms. The summed E-state index contributed by atoms with van der Waals surface area (Å²) in [6.45, 7) is 7.05. The monoisotopic (exact) mass is 373 g/mol. The lowest BCUT2D eigenvalue weighted by atomic mass is 10.1. The minimum atomic E-state index is -0.595. The number of aromatic nitrogens is 1. The number of halogens is 1. The van der Waals surface area contributed by atoms with E-state index in [2.05, 4.69) is 31.0 Å². The van der Waals surface area contributed by atoms with Gasteiger partial charge in [0.1, 0.15) is 17.0 Å². The van der Waals surface area contributed by atoms with Gasteiger partial charge in [0, 0.05) is 4.47 Å². The highest BCUT2D eigenvalue weighted by atomic mass is 79.9. The molecule has 1 aromatic rings. The van der Waals surface area contributed by atoms with E-state index in [1.807, 2.05) is 0 Å². The SMILES string of the molecule is COC(=O)c1cc(Br)c(C(C)NC(=O)OC(C)(C)C)nc1N. The Morgan fingerprint density at radius 2 is 2.00 bits per heavy atom. The van der Waals surface area contributed by atoms with Gasteiger partial charge >= 0.3 is 12.1 Å². The van der Waals surface area contributed by atoms with E-state index in [0.29, 0.717) is 10.2 Å². The van der Waals surface area contributed by atoms with Gasteiger partial charge in [-0.15, -0.1) is 0 Å². The van der Waals surface area contributed by atoms with Gasteiger partial charge in [-0.1, -0.05) is 0 Å². The van der Waals surface area contributed by atoms with E-state index in [1.165, 1.54) is 13.2 Å². The first kappa shape index (κ1) is 18.2. The molecular weight excluding hydrogens is 354 g/mol. The average molecular weight is 374 g/mol. The molecule has 1 amide bonds. The Bertz CT molecular complexity index is 584. The molecule has 0 saturated heterocycles. The molecule has 0 bridgehead atoms. The lowest BCUT2D eigenvalue weighted by Gasteiger charge is -2.22. The van der Waals surface area contributed by atoms with Crippen molar-refractivity contribution in [3.63, 3.8) is 0 Å². The molecule has 3 N–H and O–H groups in total. The maximum atomic E-state index is 11.8. The molecule has 1 rings (SSSR count). The van der Waals surface area contributed by atoms with Crippen LogP contribution < -0.4 is 11.1 Å². The number of carbonyl (C=O) groups is 2. The number of anilines is 1. The Balaban J connectivity index is 2.95. The number of alkyl carbamates (subject to hydrolysis) is 1. The van der Waals surface area contributed by atoms with Crippen molar-refractivity contribution in [3.05, 3.63) is 21.8 Å². The number of pyridine rings is 1. The second-order valence-corrected chi connectivity index (χ2v) is 6.50. The van der Waals surface area contributed by atoms with Crippen LogP contribution in [0.5, 0.6) is 0 Å². The van der Waals surface area contributed by atoms with Crippen molar-refractivity contribution in [3.8, 4) is 0 Å². The summed E-state index contributed by atoms with van der Waals surface area (Å²) in [5.74, 6) is -0.548. The number of ether oxygens (including phenoxy) is 2. The average Bonchev–Trinajstić information content (AvgIpc) is 2.37. The van der Waals surface area contributed by atoms with Gasteiger partial charge in [0.2, 0.25) is 0 Å². The van der Waals surface area contributed by atoms with Crippen LogP contribution in [0.25, 0.3) is 0 Å². The van der Waals surface area contributed by atoms with Crippen LogP contribution in [0.3, 0.4) is 0 Å². The summed E-state index contributed by atoms with van der Waals surface area (Å²) in [5, 5.41) is 2.66. The van der Waals surface area contributed by atoms with Crippen LogP contribution in [0.15, 0.2) is 10.5 Å². The van der Waals surface area contributed by atoms with Crippen LogP contribution in [-0.4, -0.2) is 29.8 Å². The van der Waals surface area contributed by atoms with Gasteiger partial charge in [-0.2, -0.15) is 0 Å². The summed E-state index contributed by atoms with van der Waals surface area (Å²) in [7, 11) is 1.26. The number of hydrogen-bond acceptors (Lipinski definition) is 6. The summed E-state index contributed by atoms with van der Waals surface area (Å²) < 4.78 is 10.3. The summed E-state index contributed by atoms with van der Waals surface area (Å²) in [6, 6.07) is 1.05. The lowest BCUT2D eigenvalue weighted by Crippen LogP contribution is -2.34. The molecule has 1 atom stereocenters. The third-order valence-corrected chi connectivity index (χ3v) is 3.22. The van der Waals surface area contributed by atoms with Crippen molar-refractivity contribution in [2.75, 3.05) is 12.8 Å². The van der Waals surface area contributed by atoms with Crippen molar-refractivity contribution in [1.29, 1.82) is 0 Å². The summed E-state index contributed by atoms with van der Waals surface area (Å²) >= 11 is 3.31. The first-order chi connectivity index (χ1) is 10.0. The predicted octanol–water partition coefficient (Wildman–Crippen LogP) is 2.80. The number of rotatable bonds is 3. The molecule has 0 aliphatic heterocycles. The van der Waals surface area contributed by atoms with E-state index in [-0.39, 0.29) is 11.4 Å². The highest BCUT2D eigenvalue weighted by molar-refractivity contribution is 9.10. The molecule has 0 aliphatic carbocycles. The van der Waals surface area contributed by atoms with E-state index in [9.17, 15) is 9.59 Å². The normalized spacial score (nSPS) is 12.5. The zero-order chi connectivity index (χ0) is 17.1. The van der Waals surface area contributed by atoms with Crippen molar-refractivity contribution in [1.82, 2.24) is 10.3 Å². The molecule has 0 saturated carbocycles. The maximum absolute atomic E-state index is 11.8. The van der Waals surface area contributed by atoms with Gasteiger partial charge in [0.15, 0.2) is 0 Å². The van der Waals surface area contributed by atoms with E-state index in [0.717, 1.165) is 0 Å². The number of amides is 1. The number of nitrogens with one attached hydrogen (secondary N) is 1. The number of carbonyl (C=O) groups excluding carboxylic acids is 2. The van der Waals surface area contributed by atoms with Crippen LogP contribution in [0.1, 0.15) is 49.8 Å². The molecule has 122 valence electrons. The smallest absolute Gasteiger partial charge is 0.408 e. The molecule has 7 nitrogen and oxygen atoms in total. The summed E-state index contributed by atoms with van der Waals surface area (Å²) in [4.78, 5) is 27.5. The van der Waals surface area contributed by atoms with Crippen LogP contribution in [-0.2, 0) is 9.47 Å². The predicted molar refractivity (Wildman–Crippen MR) is 85.5 cm³/mol. The van der Waals surface area contributed by atoms with E-state index >= 15 is 0 Å². The number of hydrogen-bond donors (Lipinski definition) is 2. The van der Waals surface area contributed by atoms with Crippen molar-refractivity contribution < 1.29 is 19.1 Å². The number of nitrogen functional groups attached to an aromatic ring is 1. The Kier molecular flexibility index (Phi) is 5.76. The van der Waals surface area contributed by atoms with Crippen molar-refractivity contribution in [2.24, 2.45) is 0 Å². The largest absolute Gasteiger partial charge is 0.465 e. The fraction of sp³-hybridized carbons (Fsp3) is 0.500. The standard InChI is InChI=1S/C14H20BrN3O4/c1-7(17-13(20)22-14(2,3)4)10-9(15)6-8(11(16)18-10)12(19)21-5/h6-7H,1-5H3,(H2,16,18)(H,17,20). The van der Waals surface area contributed by atoms with Gasteiger partial charge in [-0.3, -0.25) is 0 Å². The second-order valence-electron chi connectivity index (χ2n) is 5.65. The van der Waals surface area contributed by atoms with E-state index < -0.39 is 23.7 Å². The Morgan fingerprint density at radius 3 is 2.50 bits per heavy atom. The zero-order valence-corrected chi connectivity index (χ0v) is 14.8. The molecule has 22 heavy (non-hydrogen) atoms. The molecule has 0 fully saturated rings. The molecule has 1 heterocycles. The summed E-state index contributed by atoms with van der Waals surface area (Å²) in [6.07, 6.45) is -0.565. The minimum absolute atomic E-state index is 0.0305. The maximum Gasteiger partial charge on any atom is 0.408 e. The highest BCUT2D eigenvalue weighted by Crippen LogP contribution is 2.26. The first-order valence-electron chi connectivity index (χ1n) is 6.59. The number of methoxy groups -OCH3 is 1. The zero-order valence-electron chi connectivity index (χ0n) is 13.2. The van der Waals surface area contributed by atoms with Crippen molar-refractivity contribution in [2.45, 2.75) is 39.3 Å². The van der Waals surface area contributed by atoms with Gasteiger partial charge in [0.25, 0.3) is 0 Å². The molecule has 1 aromatic heterocycles. The lowest BCUT2D eigenvalue weighted by molar-refractivity contribution is 0.0505. The van der Waals surface area contributed by atoms with Crippen LogP contribution >= 0.6 is 15.9 Å². The van der Waals surface area contributed by atoms with E-state index in [1.54, 1.807) is 27.7 Å². The third kappa shape index (κ3) is 4.87. The Morgan fingerprint density at radius 1 is 1.41 bits per heavy atom.